The zero-order valence-corrected chi connectivity index (χ0v) is 21.9. The fourth-order valence-corrected chi connectivity index (χ4v) is 5.53. The summed E-state index contributed by atoms with van der Waals surface area (Å²) in [4.78, 5) is 15.5. The van der Waals surface area contributed by atoms with Crippen LogP contribution in [-0.2, 0) is 0 Å². The molecule has 0 amide bonds. The van der Waals surface area contributed by atoms with Crippen LogP contribution in [0.5, 0.6) is 5.88 Å². The van der Waals surface area contributed by atoms with E-state index in [1.807, 2.05) is 90.5 Å². The van der Waals surface area contributed by atoms with E-state index in [0.717, 1.165) is 42.9 Å². The largest absolute Gasteiger partial charge is 0.477 e. The van der Waals surface area contributed by atoms with Crippen molar-refractivity contribution in [1.29, 1.82) is 5.26 Å². The lowest BCUT2D eigenvalue weighted by atomic mass is 9.98. The molecule has 6 rings (SSSR count). The van der Waals surface area contributed by atoms with Gasteiger partial charge < -0.3 is 4.74 Å². The standard InChI is InChI=1S/C30H20ClN5OS/c1-2-37-28-23(17-32)25(19-9-5-3-6-10-19)26-27-24(38-29(26)35-28)18-36(22-11-7-4-8-12-22)30(34-27)33-21-15-13-20(31)14-16-21/h3-16,18H,2H2,1H3. The van der Waals surface area contributed by atoms with Gasteiger partial charge in [0.1, 0.15) is 16.5 Å². The molecule has 3 heterocycles. The molecule has 3 aromatic carbocycles. The molecule has 0 saturated heterocycles. The Bertz CT molecular complexity index is 1890. The van der Waals surface area contributed by atoms with Crippen LogP contribution >= 0.6 is 22.9 Å². The molecule has 0 N–H and O–H groups in total. The fraction of sp³-hybridized carbons (Fsp3) is 0.0667. The van der Waals surface area contributed by atoms with Gasteiger partial charge in [0.15, 0.2) is 0 Å². The zero-order chi connectivity index (χ0) is 26.1. The van der Waals surface area contributed by atoms with Crippen LogP contribution in [0, 0.1) is 11.3 Å². The van der Waals surface area contributed by atoms with Gasteiger partial charge in [0, 0.05) is 27.9 Å². The van der Waals surface area contributed by atoms with Gasteiger partial charge in [0.25, 0.3) is 0 Å². The number of ether oxygens (including phenoxy) is 1. The molecule has 0 spiro atoms. The van der Waals surface area contributed by atoms with Gasteiger partial charge in [-0.25, -0.2) is 15.0 Å². The van der Waals surface area contributed by atoms with E-state index in [1.165, 1.54) is 11.3 Å². The Balaban J connectivity index is 1.75. The summed E-state index contributed by atoms with van der Waals surface area (Å²) in [6, 6.07) is 29.4. The van der Waals surface area contributed by atoms with Crippen LogP contribution in [0.4, 0.5) is 5.69 Å². The van der Waals surface area contributed by atoms with E-state index >= 15 is 0 Å². The molecule has 0 radical (unpaired) electrons. The molecular formula is C30H20ClN5OS. The van der Waals surface area contributed by atoms with Gasteiger partial charge in [0.2, 0.25) is 11.5 Å². The molecule has 6 aromatic rings. The van der Waals surface area contributed by atoms with Crippen LogP contribution < -0.4 is 10.4 Å². The summed E-state index contributed by atoms with van der Waals surface area (Å²) in [6.07, 6.45) is 2.03. The SMILES string of the molecule is CCOc1nc2sc3cn(-c4ccccc4)c(=Nc4ccc(Cl)cc4)nc3c2c(-c2ccccc2)c1C#N. The second-order valence-electron chi connectivity index (χ2n) is 8.41. The molecule has 0 bridgehead atoms. The molecule has 0 fully saturated rings. The Morgan fingerprint density at radius 3 is 2.37 bits per heavy atom. The molecule has 0 aliphatic heterocycles. The Morgan fingerprint density at radius 1 is 0.974 bits per heavy atom. The molecule has 0 aliphatic carbocycles. The van der Waals surface area contributed by atoms with Crippen molar-refractivity contribution in [1.82, 2.24) is 14.5 Å². The lowest BCUT2D eigenvalue weighted by Crippen LogP contribution is -2.22. The number of thiophene rings is 1. The first-order valence-corrected chi connectivity index (χ1v) is 13.2. The van der Waals surface area contributed by atoms with Gasteiger partial charge in [-0.2, -0.15) is 5.26 Å². The molecule has 8 heteroatoms. The monoisotopic (exact) mass is 533 g/mol. The third kappa shape index (κ3) is 4.30. The highest BCUT2D eigenvalue weighted by Crippen LogP contribution is 2.42. The van der Waals surface area contributed by atoms with Crippen molar-refractivity contribution in [2.75, 3.05) is 6.61 Å². The third-order valence-corrected chi connectivity index (χ3v) is 7.29. The van der Waals surface area contributed by atoms with E-state index in [9.17, 15) is 5.26 Å². The van der Waals surface area contributed by atoms with Crippen molar-refractivity contribution in [3.05, 3.63) is 107 Å². The maximum atomic E-state index is 10.2. The molecular weight excluding hydrogens is 514 g/mol. The van der Waals surface area contributed by atoms with Crippen LogP contribution in [0.2, 0.25) is 5.02 Å². The lowest BCUT2D eigenvalue weighted by Gasteiger charge is -2.11. The summed E-state index contributed by atoms with van der Waals surface area (Å²) >= 11 is 7.62. The van der Waals surface area contributed by atoms with Crippen LogP contribution in [0.25, 0.3) is 37.2 Å². The number of benzene rings is 3. The predicted molar refractivity (Wildman–Crippen MR) is 152 cm³/mol. The molecule has 38 heavy (non-hydrogen) atoms. The predicted octanol–water partition coefficient (Wildman–Crippen LogP) is 7.46. The number of nitrogens with zero attached hydrogens (tertiary/aromatic N) is 5. The van der Waals surface area contributed by atoms with E-state index in [4.69, 9.17) is 31.3 Å². The van der Waals surface area contributed by atoms with E-state index in [-0.39, 0.29) is 0 Å². The quantitative estimate of drug-likeness (QED) is 0.230. The van der Waals surface area contributed by atoms with Crippen molar-refractivity contribution < 1.29 is 4.74 Å². The topological polar surface area (TPSA) is 76.1 Å². The molecule has 0 atom stereocenters. The number of fused-ring (bicyclic) bond motifs is 3. The van der Waals surface area contributed by atoms with Crippen LogP contribution in [0.15, 0.2) is 96.1 Å². The minimum Gasteiger partial charge on any atom is -0.477 e. The molecule has 3 aromatic heterocycles. The normalized spacial score (nSPS) is 11.7. The Kier molecular flexibility index (Phi) is 6.34. The first-order chi connectivity index (χ1) is 18.7. The minimum atomic E-state index is 0.329. The number of para-hydroxylation sites is 1. The smallest absolute Gasteiger partial charge is 0.235 e. The number of nitriles is 1. The number of halogens is 1. The maximum absolute atomic E-state index is 10.2. The Labute approximate surface area is 227 Å². The maximum Gasteiger partial charge on any atom is 0.235 e. The van der Waals surface area contributed by atoms with E-state index in [1.54, 1.807) is 12.1 Å². The molecule has 0 unspecified atom stereocenters. The molecule has 6 nitrogen and oxygen atoms in total. The number of pyridine rings is 1. The average Bonchev–Trinajstić information content (AvgIpc) is 3.31. The number of rotatable bonds is 5. The Morgan fingerprint density at radius 2 is 1.68 bits per heavy atom. The van der Waals surface area contributed by atoms with Crippen molar-refractivity contribution in [3.63, 3.8) is 0 Å². The van der Waals surface area contributed by atoms with E-state index < -0.39 is 0 Å². The highest BCUT2D eigenvalue weighted by Gasteiger charge is 2.23. The molecule has 184 valence electrons. The third-order valence-electron chi connectivity index (χ3n) is 6.03. The van der Waals surface area contributed by atoms with Gasteiger partial charge >= 0.3 is 0 Å². The average molecular weight is 534 g/mol. The minimum absolute atomic E-state index is 0.329. The van der Waals surface area contributed by atoms with Crippen LogP contribution in [-0.4, -0.2) is 21.1 Å². The van der Waals surface area contributed by atoms with Crippen molar-refractivity contribution in [2.24, 2.45) is 4.99 Å². The molecule has 0 aliphatic rings. The first kappa shape index (κ1) is 23.9. The van der Waals surface area contributed by atoms with Crippen molar-refractivity contribution in [2.45, 2.75) is 6.92 Å². The first-order valence-electron chi connectivity index (χ1n) is 12.0. The van der Waals surface area contributed by atoms with E-state index in [2.05, 4.69) is 6.07 Å². The second kappa shape index (κ2) is 10.1. The van der Waals surface area contributed by atoms with Gasteiger partial charge in [0.05, 0.1) is 22.5 Å². The highest BCUT2D eigenvalue weighted by atomic mass is 35.5. The lowest BCUT2D eigenvalue weighted by molar-refractivity contribution is 0.327. The van der Waals surface area contributed by atoms with Crippen LogP contribution in [0.1, 0.15) is 12.5 Å². The van der Waals surface area contributed by atoms with E-state index in [0.29, 0.717) is 28.7 Å². The summed E-state index contributed by atoms with van der Waals surface area (Å²) in [6.45, 7) is 2.29. The summed E-state index contributed by atoms with van der Waals surface area (Å²) in [5, 5.41) is 11.6. The highest BCUT2D eigenvalue weighted by molar-refractivity contribution is 7.25. The van der Waals surface area contributed by atoms with Gasteiger partial charge in [-0.3, -0.25) is 4.57 Å². The van der Waals surface area contributed by atoms with Crippen LogP contribution in [0.3, 0.4) is 0 Å². The van der Waals surface area contributed by atoms with Gasteiger partial charge in [-0.15, -0.1) is 11.3 Å². The zero-order valence-electron chi connectivity index (χ0n) is 20.3. The summed E-state index contributed by atoms with van der Waals surface area (Å²) in [7, 11) is 0. The summed E-state index contributed by atoms with van der Waals surface area (Å²) in [5.41, 5.74) is 4.93. The van der Waals surface area contributed by atoms with Crippen molar-refractivity contribution >= 4 is 49.1 Å². The van der Waals surface area contributed by atoms with Gasteiger partial charge in [-0.05, 0) is 48.9 Å². The second-order valence-corrected chi connectivity index (χ2v) is 9.87. The molecule has 0 saturated carbocycles. The van der Waals surface area contributed by atoms with Gasteiger partial charge in [-0.1, -0.05) is 60.1 Å². The number of hydrogen-bond acceptors (Lipinski definition) is 6. The summed E-state index contributed by atoms with van der Waals surface area (Å²) < 4.78 is 8.70. The van der Waals surface area contributed by atoms with Crippen molar-refractivity contribution in [3.8, 4) is 28.8 Å². The Hall–Kier alpha value is -4.51. The summed E-state index contributed by atoms with van der Waals surface area (Å²) in [5.74, 6) is 0.329. The number of hydrogen-bond donors (Lipinski definition) is 0. The fourth-order valence-electron chi connectivity index (χ4n) is 4.37. The number of aromatic nitrogens is 3.